The number of carbonyl (C=O) groups is 1. The van der Waals surface area contributed by atoms with E-state index in [-0.39, 0.29) is 5.91 Å². The quantitative estimate of drug-likeness (QED) is 0.775. The Morgan fingerprint density at radius 1 is 1.24 bits per heavy atom. The van der Waals surface area contributed by atoms with E-state index in [4.69, 9.17) is 0 Å². The molecule has 5 nitrogen and oxygen atoms in total. The first-order chi connectivity index (χ1) is 11.9. The topological polar surface area (TPSA) is 51.9 Å². The summed E-state index contributed by atoms with van der Waals surface area (Å²) in [6, 6.07) is 8.63. The molecule has 5 heteroatoms. The number of aryl methyl sites for hydroxylation is 2. The van der Waals surface area contributed by atoms with E-state index < -0.39 is 0 Å². The van der Waals surface area contributed by atoms with Crippen LogP contribution in [0.3, 0.4) is 0 Å². The molecule has 0 aliphatic carbocycles. The van der Waals surface area contributed by atoms with Crippen LogP contribution in [0.4, 0.5) is 0 Å². The van der Waals surface area contributed by atoms with E-state index in [1.54, 1.807) is 0 Å². The third kappa shape index (κ3) is 3.31. The van der Waals surface area contributed by atoms with Crippen LogP contribution >= 0.6 is 0 Å². The minimum absolute atomic E-state index is 0.0364. The lowest BCUT2D eigenvalue weighted by Gasteiger charge is -2.08. The molecule has 3 rings (SSSR count). The second kappa shape index (κ2) is 6.75. The number of rotatable bonds is 5. The van der Waals surface area contributed by atoms with Gasteiger partial charge in [0.25, 0.3) is 0 Å². The molecule has 0 saturated carbocycles. The van der Waals surface area contributed by atoms with Crippen molar-refractivity contribution in [2.45, 2.75) is 46.7 Å². The van der Waals surface area contributed by atoms with Crippen LogP contribution in [-0.2, 0) is 24.8 Å². The van der Waals surface area contributed by atoms with Crippen LogP contribution in [0.1, 0.15) is 42.4 Å². The second-order valence-corrected chi connectivity index (χ2v) is 6.90. The standard InChI is InChI=1S/C20H26N4O/c1-13(2)24-12-16(17-8-6-7-9-19(17)24)10-20(25)21-11-18-14(3)22-23(5)15(18)4/h6-9,12-13H,10-11H2,1-5H3,(H,21,25). The zero-order valence-electron chi connectivity index (χ0n) is 15.6. The van der Waals surface area contributed by atoms with E-state index in [0.29, 0.717) is 19.0 Å². The molecule has 3 aromatic rings. The molecular weight excluding hydrogens is 312 g/mol. The number of fused-ring (bicyclic) bond motifs is 1. The first kappa shape index (κ1) is 17.3. The highest BCUT2D eigenvalue weighted by Crippen LogP contribution is 2.25. The molecule has 0 unspecified atom stereocenters. The summed E-state index contributed by atoms with van der Waals surface area (Å²) in [5, 5.41) is 8.60. The smallest absolute Gasteiger partial charge is 0.224 e. The number of nitrogens with zero attached hydrogens (tertiary/aromatic N) is 3. The van der Waals surface area contributed by atoms with Gasteiger partial charge in [-0.1, -0.05) is 18.2 Å². The molecule has 25 heavy (non-hydrogen) atoms. The minimum atomic E-state index is 0.0364. The lowest BCUT2D eigenvalue weighted by molar-refractivity contribution is -0.120. The number of aromatic nitrogens is 3. The summed E-state index contributed by atoms with van der Waals surface area (Å²) in [4.78, 5) is 12.5. The van der Waals surface area contributed by atoms with E-state index in [9.17, 15) is 4.79 Å². The Morgan fingerprint density at radius 3 is 2.60 bits per heavy atom. The molecule has 0 aliphatic rings. The molecule has 1 aromatic carbocycles. The predicted molar refractivity (Wildman–Crippen MR) is 101 cm³/mol. The van der Waals surface area contributed by atoms with Gasteiger partial charge in [-0.3, -0.25) is 9.48 Å². The van der Waals surface area contributed by atoms with Crippen LogP contribution in [0.2, 0.25) is 0 Å². The van der Waals surface area contributed by atoms with Gasteiger partial charge in [-0.05, 0) is 39.3 Å². The Hall–Kier alpha value is -2.56. The van der Waals surface area contributed by atoms with Crippen LogP contribution in [0.5, 0.6) is 0 Å². The number of carbonyl (C=O) groups excluding carboxylic acids is 1. The lowest BCUT2D eigenvalue weighted by atomic mass is 10.1. The number of amides is 1. The van der Waals surface area contributed by atoms with E-state index in [0.717, 1.165) is 27.9 Å². The number of nitrogens with one attached hydrogen (secondary N) is 1. The Kier molecular flexibility index (Phi) is 4.66. The van der Waals surface area contributed by atoms with Crippen LogP contribution in [-0.4, -0.2) is 20.3 Å². The fraction of sp³-hybridized carbons (Fsp3) is 0.400. The van der Waals surface area contributed by atoms with Crippen molar-refractivity contribution in [2.75, 3.05) is 0 Å². The molecule has 0 aliphatic heterocycles. The van der Waals surface area contributed by atoms with Crippen LogP contribution in [0.15, 0.2) is 30.5 Å². The molecule has 0 fully saturated rings. The van der Waals surface area contributed by atoms with Gasteiger partial charge >= 0.3 is 0 Å². The zero-order chi connectivity index (χ0) is 18.1. The molecule has 0 spiro atoms. The normalized spacial score (nSPS) is 11.4. The monoisotopic (exact) mass is 338 g/mol. The third-order valence-electron chi connectivity index (χ3n) is 4.85. The van der Waals surface area contributed by atoms with E-state index in [1.165, 1.54) is 5.52 Å². The van der Waals surface area contributed by atoms with Gasteiger partial charge < -0.3 is 9.88 Å². The Labute approximate surface area is 148 Å². The van der Waals surface area contributed by atoms with Crippen LogP contribution in [0, 0.1) is 13.8 Å². The van der Waals surface area contributed by atoms with Gasteiger partial charge in [0.1, 0.15) is 0 Å². The van der Waals surface area contributed by atoms with Gasteiger partial charge in [-0.15, -0.1) is 0 Å². The maximum absolute atomic E-state index is 12.5. The van der Waals surface area contributed by atoms with Gasteiger partial charge in [0, 0.05) is 48.0 Å². The SMILES string of the molecule is Cc1nn(C)c(C)c1CNC(=O)Cc1cn(C(C)C)c2ccccc12. The van der Waals surface area contributed by atoms with Crippen LogP contribution < -0.4 is 5.32 Å². The van der Waals surface area contributed by atoms with E-state index in [1.807, 2.05) is 37.7 Å². The predicted octanol–water partition coefficient (Wildman–Crippen LogP) is 3.43. The summed E-state index contributed by atoms with van der Waals surface area (Å²) < 4.78 is 4.08. The number of benzene rings is 1. The van der Waals surface area contributed by atoms with E-state index >= 15 is 0 Å². The number of hydrogen-bond acceptors (Lipinski definition) is 2. The van der Waals surface area contributed by atoms with Crippen molar-refractivity contribution < 1.29 is 4.79 Å². The summed E-state index contributed by atoms with van der Waals surface area (Å²) in [6.45, 7) is 8.84. The fourth-order valence-electron chi connectivity index (χ4n) is 3.34. The van der Waals surface area contributed by atoms with Gasteiger partial charge in [0.2, 0.25) is 5.91 Å². The molecule has 0 radical (unpaired) electrons. The molecular formula is C20H26N4O. The molecule has 2 heterocycles. The molecule has 0 bridgehead atoms. The summed E-state index contributed by atoms with van der Waals surface area (Å²) in [5.74, 6) is 0.0364. The molecule has 1 N–H and O–H groups in total. The first-order valence-corrected chi connectivity index (χ1v) is 8.72. The number of para-hydroxylation sites is 1. The Morgan fingerprint density at radius 2 is 1.96 bits per heavy atom. The fourth-order valence-corrected chi connectivity index (χ4v) is 3.34. The summed E-state index contributed by atoms with van der Waals surface area (Å²) in [5.41, 5.74) is 5.41. The van der Waals surface area contributed by atoms with Crippen molar-refractivity contribution >= 4 is 16.8 Å². The molecule has 2 aromatic heterocycles. The van der Waals surface area contributed by atoms with Crippen molar-refractivity contribution in [2.24, 2.45) is 7.05 Å². The second-order valence-electron chi connectivity index (χ2n) is 6.90. The Balaban J connectivity index is 1.76. The largest absolute Gasteiger partial charge is 0.352 e. The average Bonchev–Trinajstić information content (AvgIpc) is 3.04. The Bertz CT molecular complexity index is 917. The lowest BCUT2D eigenvalue weighted by Crippen LogP contribution is -2.25. The minimum Gasteiger partial charge on any atom is -0.352 e. The maximum Gasteiger partial charge on any atom is 0.224 e. The molecule has 132 valence electrons. The van der Waals surface area contributed by atoms with Crippen molar-refractivity contribution in [1.82, 2.24) is 19.7 Å². The average molecular weight is 338 g/mol. The number of hydrogen-bond donors (Lipinski definition) is 1. The van der Waals surface area contributed by atoms with Gasteiger partial charge in [-0.2, -0.15) is 5.10 Å². The molecule has 0 atom stereocenters. The summed E-state index contributed by atoms with van der Waals surface area (Å²) in [7, 11) is 1.93. The summed E-state index contributed by atoms with van der Waals surface area (Å²) in [6.07, 6.45) is 2.49. The van der Waals surface area contributed by atoms with E-state index in [2.05, 4.69) is 47.2 Å². The van der Waals surface area contributed by atoms with Gasteiger partial charge in [-0.25, -0.2) is 0 Å². The van der Waals surface area contributed by atoms with Crippen molar-refractivity contribution in [3.8, 4) is 0 Å². The van der Waals surface area contributed by atoms with Crippen LogP contribution in [0.25, 0.3) is 10.9 Å². The zero-order valence-corrected chi connectivity index (χ0v) is 15.6. The highest BCUT2D eigenvalue weighted by atomic mass is 16.1. The summed E-state index contributed by atoms with van der Waals surface area (Å²) >= 11 is 0. The van der Waals surface area contributed by atoms with Gasteiger partial charge in [0.05, 0.1) is 12.1 Å². The maximum atomic E-state index is 12.5. The third-order valence-corrected chi connectivity index (χ3v) is 4.85. The molecule has 1 amide bonds. The highest BCUT2D eigenvalue weighted by Gasteiger charge is 2.14. The first-order valence-electron chi connectivity index (χ1n) is 8.72. The van der Waals surface area contributed by atoms with Crippen molar-refractivity contribution in [3.63, 3.8) is 0 Å². The van der Waals surface area contributed by atoms with Crippen molar-refractivity contribution in [3.05, 3.63) is 53.0 Å². The van der Waals surface area contributed by atoms with Gasteiger partial charge in [0.15, 0.2) is 0 Å². The highest BCUT2D eigenvalue weighted by molar-refractivity contribution is 5.89. The molecule has 0 saturated heterocycles. The van der Waals surface area contributed by atoms with Crippen molar-refractivity contribution in [1.29, 1.82) is 0 Å².